The van der Waals surface area contributed by atoms with Crippen LogP contribution in [0.5, 0.6) is 34.5 Å². The number of carbonyl (C=O) groups is 5. The Bertz CT molecular complexity index is 3570. The second kappa shape index (κ2) is 32.0. The number of aryl methyl sites for hydroxylation is 3. The Hall–Kier alpha value is -9.14. The summed E-state index contributed by atoms with van der Waals surface area (Å²) < 4.78 is 31.2. The SMILES string of the molecule is COc1cc(C)cc(O)c1C(CC(=O)N1C[C@H](C)C[C@H](C)C1)c1ccc(C(=O)O)cc1.COc1cc(C)cc2c1C(c1ccc(C(=O)O)cc1)CC(=O)O2.COc1cc(C)cc2oc(=O)ccc12.C[C@@H]1CNC[C@H](C)C1.O=C(O)c1ccc(O[B]O)cc1. The Kier molecular flexibility index (Phi) is 24.7. The summed E-state index contributed by atoms with van der Waals surface area (Å²) in [5.41, 5.74) is 6.56. The molecule has 465 valence electrons. The maximum atomic E-state index is 13.3. The summed E-state index contributed by atoms with van der Waals surface area (Å²) in [7, 11) is 5.25. The highest BCUT2D eigenvalue weighted by atomic mass is 16.5. The van der Waals surface area contributed by atoms with Crippen LogP contribution in [0.4, 0.5) is 0 Å². The topological polar surface area (TPSA) is 278 Å². The third-order valence-corrected chi connectivity index (χ3v) is 15.1. The smallest absolute Gasteiger partial charge is 0.537 e. The van der Waals surface area contributed by atoms with Gasteiger partial charge in [-0.2, -0.15) is 0 Å². The average Bonchev–Trinajstić information content (AvgIpc) is 1.13. The highest BCUT2D eigenvalue weighted by molar-refractivity contribution is 6.17. The summed E-state index contributed by atoms with van der Waals surface area (Å²) in [6.07, 6.45) is 2.88. The van der Waals surface area contributed by atoms with Gasteiger partial charge in [0.1, 0.15) is 40.1 Å². The van der Waals surface area contributed by atoms with Crippen LogP contribution in [0.1, 0.15) is 135 Å². The minimum Gasteiger partial charge on any atom is -0.537 e. The van der Waals surface area contributed by atoms with Crippen LogP contribution in [-0.4, -0.2) is 115 Å². The number of carboxylic acid groups (broad SMARTS) is 3. The number of carboxylic acids is 3. The lowest BCUT2D eigenvalue weighted by Gasteiger charge is -2.36. The molecule has 4 heterocycles. The van der Waals surface area contributed by atoms with Crippen molar-refractivity contribution in [1.29, 1.82) is 0 Å². The van der Waals surface area contributed by atoms with Gasteiger partial charge in [0, 0.05) is 48.5 Å². The van der Waals surface area contributed by atoms with Crippen molar-refractivity contribution >= 4 is 48.4 Å². The Labute approximate surface area is 513 Å². The molecule has 2 unspecified atom stereocenters. The van der Waals surface area contributed by atoms with Crippen molar-refractivity contribution in [2.75, 3.05) is 47.5 Å². The maximum Gasteiger partial charge on any atom is 0.569 e. The molecule has 6 aromatic carbocycles. The first-order valence-corrected chi connectivity index (χ1v) is 28.9. The molecule has 20 heteroatoms. The molecule has 88 heavy (non-hydrogen) atoms. The van der Waals surface area contributed by atoms with Crippen LogP contribution < -0.4 is 34.5 Å². The lowest BCUT2D eigenvalue weighted by atomic mass is 9.85. The first kappa shape index (κ1) is 68.0. The fraction of sp³-hybridized carbons (Fsp3) is 0.353. The van der Waals surface area contributed by atoms with E-state index in [0.717, 1.165) is 75.9 Å². The number of hydrogen-bond donors (Lipinski definition) is 6. The van der Waals surface area contributed by atoms with E-state index in [1.165, 1.54) is 81.2 Å². The van der Waals surface area contributed by atoms with Crippen LogP contribution in [0.3, 0.4) is 0 Å². The zero-order valence-electron chi connectivity index (χ0n) is 51.3. The number of hydrogen-bond acceptors (Lipinski definition) is 15. The van der Waals surface area contributed by atoms with E-state index >= 15 is 0 Å². The number of rotatable bonds is 13. The van der Waals surface area contributed by atoms with Gasteiger partial charge >= 0.3 is 37.2 Å². The first-order chi connectivity index (χ1) is 41.9. The number of methoxy groups -OCH3 is 3. The number of nitrogens with zero attached hydrogens (tertiary/aromatic N) is 1. The van der Waals surface area contributed by atoms with Gasteiger partial charge in [-0.15, -0.1) is 0 Å². The lowest BCUT2D eigenvalue weighted by molar-refractivity contribution is -0.136. The van der Waals surface area contributed by atoms with Gasteiger partial charge in [0.05, 0.1) is 49.8 Å². The third kappa shape index (κ3) is 18.9. The molecule has 1 amide bonds. The van der Waals surface area contributed by atoms with Crippen molar-refractivity contribution in [3.05, 3.63) is 187 Å². The molecule has 0 saturated carbocycles. The molecule has 0 aliphatic carbocycles. The van der Waals surface area contributed by atoms with Crippen molar-refractivity contribution in [2.45, 2.75) is 86.0 Å². The largest absolute Gasteiger partial charge is 0.569 e. The number of piperidine rings is 2. The molecular formula is C68H78BN2O17. The highest BCUT2D eigenvalue weighted by Gasteiger charge is 2.33. The Morgan fingerprint density at radius 3 is 1.66 bits per heavy atom. The minimum atomic E-state index is -1.01. The molecule has 3 aliphatic rings. The number of amides is 1. The van der Waals surface area contributed by atoms with Crippen LogP contribution in [0.15, 0.2) is 131 Å². The molecule has 6 N–H and O–H groups in total. The standard InChI is InChI=1S/C25H31NO5.C18H16O5.C11H10O3.C7H6BO4.C7H15N/c1-15-10-21(27)24(22(11-15)31-4)20(18-5-7-19(8-6-18)25(29)30)12-23(28)26-13-16(2)9-17(3)14-26;1-10-7-14(22-2)17-13(9-16(19)23-15(17)8-10)11-3-5-12(6-4-11)18(20)21;1-7-5-9(13-2)8-3-4-11(12)14-10(8)6-7;9-7(10)5-1-3-6(4-2-5)12-8-11;1-6-3-7(2)5-8-4-6/h5-8,10-11,16-17,20,27H,9,12-14H2,1-4H3,(H,29,30);3-8,13H,9H2,1-2H3,(H,20,21);3-6H,1-2H3;1-4,11H,(H,9,10);6-8H,3-5H2,1-2H3/t16-,17+,20?;;;;6-,7+. The van der Waals surface area contributed by atoms with E-state index < -0.39 is 23.8 Å². The van der Waals surface area contributed by atoms with Crippen molar-refractivity contribution in [3.63, 3.8) is 0 Å². The molecule has 3 aliphatic heterocycles. The predicted octanol–water partition coefficient (Wildman–Crippen LogP) is 11.2. The molecule has 10 rings (SSSR count). The fourth-order valence-corrected chi connectivity index (χ4v) is 11.2. The summed E-state index contributed by atoms with van der Waals surface area (Å²) >= 11 is 0. The van der Waals surface area contributed by atoms with E-state index in [9.17, 15) is 39.0 Å². The van der Waals surface area contributed by atoms with Gasteiger partial charge in [0.15, 0.2) is 0 Å². The van der Waals surface area contributed by atoms with Crippen molar-refractivity contribution in [3.8, 4) is 34.5 Å². The summed E-state index contributed by atoms with van der Waals surface area (Å²) in [5.74, 6) is 1.62. The van der Waals surface area contributed by atoms with Crippen LogP contribution in [0.2, 0.25) is 0 Å². The number of likely N-dealkylation sites (tertiary alicyclic amines) is 1. The number of carbonyl (C=O) groups excluding carboxylic acids is 2. The van der Waals surface area contributed by atoms with Crippen molar-refractivity contribution in [1.82, 2.24) is 10.2 Å². The molecule has 7 aromatic rings. The molecule has 1 aromatic heterocycles. The minimum absolute atomic E-state index is 0.0211. The summed E-state index contributed by atoms with van der Waals surface area (Å²) in [6, 6.07) is 32.7. The number of aromatic carboxylic acids is 3. The second-order valence-corrected chi connectivity index (χ2v) is 22.7. The molecule has 2 fully saturated rings. The first-order valence-electron chi connectivity index (χ1n) is 28.9. The van der Waals surface area contributed by atoms with Crippen LogP contribution >= 0.6 is 0 Å². The van der Waals surface area contributed by atoms with Crippen LogP contribution in [0, 0.1) is 44.4 Å². The Morgan fingerprint density at radius 2 is 1.14 bits per heavy atom. The Balaban J connectivity index is 0.000000189. The summed E-state index contributed by atoms with van der Waals surface area (Å²) in [6.45, 7) is 18.5. The number of benzene rings is 6. The number of aromatic hydroxyl groups is 1. The molecule has 0 spiro atoms. The van der Waals surface area contributed by atoms with Crippen LogP contribution in [-0.2, 0) is 9.59 Å². The van der Waals surface area contributed by atoms with Gasteiger partial charge in [0.25, 0.3) is 0 Å². The van der Waals surface area contributed by atoms with Gasteiger partial charge in [0.2, 0.25) is 5.91 Å². The predicted molar refractivity (Wildman–Crippen MR) is 334 cm³/mol. The quantitative estimate of drug-likeness (QED) is 0.0271. The second-order valence-electron chi connectivity index (χ2n) is 22.7. The monoisotopic (exact) mass is 1210 g/mol. The summed E-state index contributed by atoms with van der Waals surface area (Å²) in [4.78, 5) is 70.8. The van der Waals surface area contributed by atoms with Crippen molar-refractivity contribution < 1.29 is 77.4 Å². The number of fused-ring (bicyclic) bond motifs is 2. The van der Waals surface area contributed by atoms with E-state index in [4.69, 9.17) is 38.6 Å². The number of esters is 1. The van der Waals surface area contributed by atoms with Gasteiger partial charge in [-0.05, 0) is 189 Å². The van der Waals surface area contributed by atoms with E-state index in [-0.39, 0.29) is 58.7 Å². The molecule has 19 nitrogen and oxygen atoms in total. The average molecular weight is 1210 g/mol. The maximum absolute atomic E-state index is 13.3. The molecule has 6 atom stereocenters. The van der Waals surface area contributed by atoms with E-state index in [1.54, 1.807) is 50.6 Å². The van der Waals surface area contributed by atoms with Gasteiger partial charge < -0.3 is 63.7 Å². The molecule has 2 saturated heterocycles. The zero-order valence-corrected chi connectivity index (χ0v) is 51.3. The Morgan fingerprint density at radius 1 is 0.636 bits per heavy atom. The number of ether oxygens (including phenoxy) is 4. The molecule has 0 bridgehead atoms. The number of phenolic OH excluding ortho intramolecular Hbond substituents is 1. The van der Waals surface area contributed by atoms with Gasteiger partial charge in [-0.25, -0.2) is 19.2 Å². The van der Waals surface area contributed by atoms with E-state index in [1.807, 2.05) is 56.0 Å². The number of phenols is 1. The van der Waals surface area contributed by atoms with Gasteiger partial charge in [-0.3, -0.25) is 9.59 Å². The zero-order chi connectivity index (χ0) is 64.4. The number of nitrogens with one attached hydrogen (secondary N) is 1. The third-order valence-electron chi connectivity index (χ3n) is 15.1. The van der Waals surface area contributed by atoms with Gasteiger partial charge in [-0.1, -0.05) is 52.0 Å². The highest BCUT2D eigenvalue weighted by Crippen LogP contribution is 2.45. The summed E-state index contributed by atoms with van der Waals surface area (Å²) in [5, 5.41) is 50.0. The molecule has 1 radical (unpaired) electrons. The van der Waals surface area contributed by atoms with Crippen LogP contribution in [0.25, 0.3) is 11.0 Å². The molecular weight excluding hydrogens is 1130 g/mol. The van der Waals surface area contributed by atoms with Crippen molar-refractivity contribution in [2.24, 2.45) is 23.7 Å². The van der Waals surface area contributed by atoms with E-state index in [2.05, 4.69) is 37.7 Å². The van der Waals surface area contributed by atoms with E-state index in [0.29, 0.717) is 53.7 Å². The lowest BCUT2D eigenvalue weighted by Crippen LogP contribution is -2.43. The normalized spacial score (nSPS) is 17.7. The fourth-order valence-electron chi connectivity index (χ4n) is 11.2.